The van der Waals surface area contributed by atoms with Crippen LogP contribution in [0.1, 0.15) is 45.4 Å². The molecule has 110 valence electrons. The van der Waals surface area contributed by atoms with Crippen LogP contribution in [-0.2, 0) is 13.0 Å². The number of aromatic nitrogens is 2. The fourth-order valence-corrected chi connectivity index (χ4v) is 2.61. The van der Waals surface area contributed by atoms with Crippen molar-refractivity contribution in [2.24, 2.45) is 0 Å². The molecule has 0 bridgehead atoms. The van der Waals surface area contributed by atoms with Crippen LogP contribution in [0.3, 0.4) is 0 Å². The van der Waals surface area contributed by atoms with Crippen LogP contribution in [0.5, 0.6) is 0 Å². The van der Waals surface area contributed by atoms with E-state index in [2.05, 4.69) is 48.0 Å². The average molecular weight is 273 g/mol. The van der Waals surface area contributed by atoms with E-state index in [-0.39, 0.29) is 0 Å². The minimum atomic E-state index is 1.02. The van der Waals surface area contributed by atoms with E-state index < -0.39 is 0 Å². The standard InChI is InChI=1S/C17H27N3/c1-3-5-8-12-18-13-14-20-16-11-7-6-10-15(16)19-17(20)9-4-2/h6-7,10-11,18H,3-5,8-9,12-14H2,1-2H3. The number of rotatable bonds is 9. The van der Waals surface area contributed by atoms with Gasteiger partial charge in [-0.25, -0.2) is 4.98 Å². The largest absolute Gasteiger partial charge is 0.327 e. The van der Waals surface area contributed by atoms with Crippen molar-refractivity contribution in [2.75, 3.05) is 13.1 Å². The summed E-state index contributed by atoms with van der Waals surface area (Å²) in [7, 11) is 0. The number of nitrogens with zero attached hydrogens (tertiary/aromatic N) is 2. The summed E-state index contributed by atoms with van der Waals surface area (Å²) in [6.45, 7) is 7.63. The first kappa shape index (κ1) is 15.0. The SMILES string of the molecule is CCCCCNCCn1c(CCC)nc2ccccc21. The Morgan fingerprint density at radius 1 is 1.05 bits per heavy atom. The molecule has 2 aromatic rings. The molecule has 0 aliphatic heterocycles. The van der Waals surface area contributed by atoms with Gasteiger partial charge >= 0.3 is 0 Å². The van der Waals surface area contributed by atoms with Crippen molar-refractivity contribution in [3.8, 4) is 0 Å². The summed E-state index contributed by atoms with van der Waals surface area (Å²) in [6.07, 6.45) is 6.09. The third kappa shape index (κ3) is 3.83. The van der Waals surface area contributed by atoms with E-state index in [1.165, 1.54) is 30.6 Å². The van der Waals surface area contributed by atoms with Crippen LogP contribution in [-0.4, -0.2) is 22.6 Å². The number of imidazole rings is 1. The second-order valence-electron chi connectivity index (χ2n) is 5.38. The third-order valence-electron chi connectivity index (χ3n) is 3.68. The van der Waals surface area contributed by atoms with Gasteiger partial charge in [-0.1, -0.05) is 38.8 Å². The molecule has 1 aromatic carbocycles. The van der Waals surface area contributed by atoms with Crippen molar-refractivity contribution < 1.29 is 0 Å². The highest BCUT2D eigenvalue weighted by Crippen LogP contribution is 2.16. The van der Waals surface area contributed by atoms with Crippen LogP contribution < -0.4 is 5.32 Å². The molecule has 20 heavy (non-hydrogen) atoms. The van der Waals surface area contributed by atoms with E-state index in [4.69, 9.17) is 4.98 Å². The molecule has 0 fully saturated rings. The first-order chi connectivity index (χ1) is 9.86. The van der Waals surface area contributed by atoms with Crippen LogP contribution in [0.25, 0.3) is 11.0 Å². The van der Waals surface area contributed by atoms with E-state index in [1.807, 2.05) is 0 Å². The van der Waals surface area contributed by atoms with Gasteiger partial charge in [-0.2, -0.15) is 0 Å². The first-order valence-electron chi connectivity index (χ1n) is 8.01. The molecule has 1 heterocycles. The molecule has 0 spiro atoms. The predicted octanol–water partition coefficient (Wildman–Crippen LogP) is 3.77. The summed E-state index contributed by atoms with van der Waals surface area (Å²) in [5.74, 6) is 1.23. The Hall–Kier alpha value is -1.35. The Labute approximate surface area is 122 Å². The van der Waals surface area contributed by atoms with Gasteiger partial charge in [-0.05, 0) is 31.5 Å². The molecule has 0 aliphatic carbocycles. The highest BCUT2D eigenvalue weighted by molar-refractivity contribution is 5.75. The van der Waals surface area contributed by atoms with E-state index in [0.717, 1.165) is 38.0 Å². The number of para-hydroxylation sites is 2. The molecule has 0 unspecified atom stereocenters. The van der Waals surface area contributed by atoms with Gasteiger partial charge in [0.1, 0.15) is 5.82 Å². The maximum Gasteiger partial charge on any atom is 0.109 e. The van der Waals surface area contributed by atoms with Crippen molar-refractivity contribution in [2.45, 2.75) is 52.5 Å². The second kappa shape index (κ2) is 8.05. The molecule has 0 saturated heterocycles. The maximum absolute atomic E-state index is 4.77. The Kier molecular flexibility index (Phi) is 6.06. The summed E-state index contributed by atoms with van der Waals surface area (Å²) in [4.78, 5) is 4.77. The van der Waals surface area contributed by atoms with Gasteiger partial charge < -0.3 is 9.88 Å². The predicted molar refractivity (Wildman–Crippen MR) is 86.1 cm³/mol. The molecule has 0 saturated carbocycles. The lowest BCUT2D eigenvalue weighted by Crippen LogP contribution is -2.21. The molecule has 3 nitrogen and oxygen atoms in total. The van der Waals surface area contributed by atoms with Crippen LogP contribution >= 0.6 is 0 Å². The molecule has 1 N–H and O–H groups in total. The number of aryl methyl sites for hydroxylation is 1. The molecule has 1 aromatic heterocycles. The second-order valence-corrected chi connectivity index (χ2v) is 5.38. The highest BCUT2D eigenvalue weighted by atomic mass is 15.1. The molecule has 0 radical (unpaired) electrons. The normalized spacial score (nSPS) is 11.3. The average Bonchev–Trinajstić information content (AvgIpc) is 2.81. The number of nitrogens with one attached hydrogen (secondary N) is 1. The molecule has 0 aliphatic rings. The van der Waals surface area contributed by atoms with Crippen molar-refractivity contribution in [3.05, 3.63) is 30.1 Å². The van der Waals surface area contributed by atoms with Gasteiger partial charge in [-0.3, -0.25) is 0 Å². The van der Waals surface area contributed by atoms with E-state index >= 15 is 0 Å². The Balaban J connectivity index is 1.98. The van der Waals surface area contributed by atoms with Crippen LogP contribution in [0.4, 0.5) is 0 Å². The third-order valence-corrected chi connectivity index (χ3v) is 3.68. The van der Waals surface area contributed by atoms with Crippen molar-refractivity contribution in [3.63, 3.8) is 0 Å². The van der Waals surface area contributed by atoms with E-state index in [1.54, 1.807) is 0 Å². The quantitative estimate of drug-likeness (QED) is 0.705. The van der Waals surface area contributed by atoms with Crippen molar-refractivity contribution in [1.82, 2.24) is 14.9 Å². The summed E-state index contributed by atoms with van der Waals surface area (Å²) >= 11 is 0. The number of hydrogen-bond donors (Lipinski definition) is 1. The Morgan fingerprint density at radius 2 is 1.90 bits per heavy atom. The Bertz CT molecular complexity index is 516. The minimum absolute atomic E-state index is 1.02. The summed E-state index contributed by atoms with van der Waals surface area (Å²) in [6, 6.07) is 8.46. The molecule has 0 amide bonds. The number of fused-ring (bicyclic) bond motifs is 1. The zero-order valence-electron chi connectivity index (χ0n) is 12.9. The van der Waals surface area contributed by atoms with Crippen LogP contribution in [0, 0.1) is 0 Å². The van der Waals surface area contributed by atoms with Gasteiger partial charge in [0, 0.05) is 19.5 Å². The van der Waals surface area contributed by atoms with Gasteiger partial charge in [0.25, 0.3) is 0 Å². The number of benzene rings is 1. The minimum Gasteiger partial charge on any atom is -0.327 e. The fraction of sp³-hybridized carbons (Fsp3) is 0.588. The topological polar surface area (TPSA) is 29.9 Å². The zero-order valence-corrected chi connectivity index (χ0v) is 12.9. The van der Waals surface area contributed by atoms with Gasteiger partial charge in [0.15, 0.2) is 0 Å². The smallest absolute Gasteiger partial charge is 0.109 e. The maximum atomic E-state index is 4.77. The van der Waals surface area contributed by atoms with Crippen LogP contribution in [0.15, 0.2) is 24.3 Å². The summed E-state index contributed by atoms with van der Waals surface area (Å²) in [5.41, 5.74) is 2.40. The van der Waals surface area contributed by atoms with E-state index in [9.17, 15) is 0 Å². The monoisotopic (exact) mass is 273 g/mol. The fourth-order valence-electron chi connectivity index (χ4n) is 2.61. The van der Waals surface area contributed by atoms with Crippen molar-refractivity contribution in [1.29, 1.82) is 0 Å². The lowest BCUT2D eigenvalue weighted by atomic mass is 10.2. The summed E-state index contributed by atoms with van der Waals surface area (Å²) in [5, 5.41) is 3.54. The Morgan fingerprint density at radius 3 is 2.70 bits per heavy atom. The zero-order chi connectivity index (χ0) is 14.2. The molecule has 3 heteroatoms. The molecular formula is C17H27N3. The molecule has 0 atom stereocenters. The molecule has 2 rings (SSSR count). The van der Waals surface area contributed by atoms with Gasteiger partial charge in [0.2, 0.25) is 0 Å². The van der Waals surface area contributed by atoms with Crippen molar-refractivity contribution >= 4 is 11.0 Å². The molecular weight excluding hydrogens is 246 g/mol. The highest BCUT2D eigenvalue weighted by Gasteiger charge is 2.08. The number of unbranched alkanes of at least 4 members (excludes halogenated alkanes) is 2. The summed E-state index contributed by atoms with van der Waals surface area (Å²) < 4.78 is 2.38. The van der Waals surface area contributed by atoms with E-state index in [0.29, 0.717) is 0 Å². The first-order valence-corrected chi connectivity index (χ1v) is 8.01. The van der Waals surface area contributed by atoms with Gasteiger partial charge in [0.05, 0.1) is 11.0 Å². The lowest BCUT2D eigenvalue weighted by molar-refractivity contribution is 0.562. The lowest BCUT2D eigenvalue weighted by Gasteiger charge is -2.09. The van der Waals surface area contributed by atoms with Crippen LogP contribution in [0.2, 0.25) is 0 Å². The van der Waals surface area contributed by atoms with Gasteiger partial charge in [-0.15, -0.1) is 0 Å². The number of hydrogen-bond acceptors (Lipinski definition) is 2.